The van der Waals surface area contributed by atoms with E-state index in [0.717, 1.165) is 18.1 Å². The smallest absolute Gasteiger partial charge is 0.0409 e. The number of likely N-dealkylation sites (N-methyl/N-ethyl adjacent to an activating group) is 1. The molecule has 0 heterocycles. The molecule has 1 aromatic rings. The van der Waals surface area contributed by atoms with Crippen LogP contribution in [0.25, 0.3) is 0 Å². The van der Waals surface area contributed by atoms with Gasteiger partial charge in [-0.3, -0.25) is 0 Å². The highest BCUT2D eigenvalue weighted by Crippen LogP contribution is 2.15. The van der Waals surface area contributed by atoms with E-state index in [2.05, 4.69) is 44.2 Å². The molecular weight excluding hydrogens is 220 g/mol. The molecule has 16 heavy (non-hydrogen) atoms. The van der Waals surface area contributed by atoms with Gasteiger partial charge in [-0.1, -0.05) is 17.7 Å². The number of benzene rings is 1. The van der Waals surface area contributed by atoms with Crippen LogP contribution < -0.4 is 5.32 Å². The lowest BCUT2D eigenvalue weighted by Crippen LogP contribution is -2.35. The zero-order chi connectivity index (χ0) is 12.1. The van der Waals surface area contributed by atoms with Gasteiger partial charge >= 0.3 is 0 Å². The zero-order valence-corrected chi connectivity index (χ0v) is 11.3. The molecule has 1 rings (SSSR count). The number of nitrogens with one attached hydrogen (secondary N) is 1. The van der Waals surface area contributed by atoms with Crippen molar-refractivity contribution in [2.24, 2.45) is 0 Å². The van der Waals surface area contributed by atoms with Crippen molar-refractivity contribution in [2.45, 2.75) is 26.4 Å². The van der Waals surface area contributed by atoms with E-state index >= 15 is 0 Å². The molecule has 0 fully saturated rings. The first-order valence-corrected chi connectivity index (χ1v) is 6.00. The summed E-state index contributed by atoms with van der Waals surface area (Å²) in [6, 6.07) is 6.51. The Kier molecular flexibility index (Phi) is 5.26. The minimum Gasteiger partial charge on any atom is -0.309 e. The second-order valence-electron chi connectivity index (χ2n) is 4.61. The Morgan fingerprint density at radius 3 is 2.69 bits per heavy atom. The van der Waals surface area contributed by atoms with Crippen molar-refractivity contribution >= 4 is 11.6 Å². The third kappa shape index (κ3) is 4.52. The van der Waals surface area contributed by atoms with Crippen LogP contribution in [0.3, 0.4) is 0 Å². The van der Waals surface area contributed by atoms with Crippen molar-refractivity contribution in [1.82, 2.24) is 10.2 Å². The van der Waals surface area contributed by atoms with Crippen LogP contribution >= 0.6 is 11.6 Å². The van der Waals surface area contributed by atoms with Crippen molar-refractivity contribution < 1.29 is 0 Å². The normalized spacial score (nSPS) is 13.1. The summed E-state index contributed by atoms with van der Waals surface area (Å²) in [6.45, 7) is 6.23. The van der Waals surface area contributed by atoms with Crippen molar-refractivity contribution in [2.75, 3.05) is 20.6 Å². The number of halogens is 1. The lowest BCUT2D eigenvalue weighted by atomic mass is 10.1. The molecule has 3 heteroatoms. The second kappa shape index (κ2) is 6.24. The molecule has 1 N–H and O–H groups in total. The average Bonchev–Trinajstić information content (AvgIpc) is 2.18. The fourth-order valence-electron chi connectivity index (χ4n) is 1.73. The maximum Gasteiger partial charge on any atom is 0.0409 e. The predicted octanol–water partition coefficient (Wildman–Crippen LogP) is 2.69. The number of aryl methyl sites for hydroxylation is 1. The van der Waals surface area contributed by atoms with Crippen LogP contribution in [0.15, 0.2) is 18.2 Å². The Hall–Kier alpha value is -0.570. The quantitative estimate of drug-likeness (QED) is 0.852. The van der Waals surface area contributed by atoms with Gasteiger partial charge in [0.1, 0.15) is 0 Å². The van der Waals surface area contributed by atoms with Gasteiger partial charge in [0, 0.05) is 24.2 Å². The minimum atomic E-state index is 0.480. The fraction of sp³-hybridized carbons (Fsp3) is 0.538. The second-order valence-corrected chi connectivity index (χ2v) is 5.05. The third-order valence-electron chi connectivity index (χ3n) is 2.59. The molecule has 0 aromatic heterocycles. The summed E-state index contributed by atoms with van der Waals surface area (Å²) in [7, 11) is 4.17. The van der Waals surface area contributed by atoms with Crippen molar-refractivity contribution in [3.8, 4) is 0 Å². The van der Waals surface area contributed by atoms with Gasteiger partial charge in [-0.2, -0.15) is 0 Å². The Balaban J connectivity index is 2.51. The topological polar surface area (TPSA) is 15.3 Å². The van der Waals surface area contributed by atoms with Crippen LogP contribution in [-0.4, -0.2) is 31.6 Å². The lowest BCUT2D eigenvalue weighted by Gasteiger charge is -2.19. The van der Waals surface area contributed by atoms with E-state index in [1.165, 1.54) is 11.1 Å². The SMILES string of the molecule is Cc1ccc(Cl)cc1CNC(C)CN(C)C. The third-order valence-corrected chi connectivity index (χ3v) is 2.83. The van der Waals surface area contributed by atoms with Crippen LogP contribution in [0.4, 0.5) is 0 Å². The van der Waals surface area contributed by atoms with Crippen LogP contribution in [-0.2, 0) is 6.54 Å². The molecule has 1 aromatic carbocycles. The van der Waals surface area contributed by atoms with E-state index in [1.807, 2.05) is 12.1 Å². The summed E-state index contributed by atoms with van der Waals surface area (Å²) in [4.78, 5) is 2.18. The molecule has 1 atom stereocenters. The van der Waals surface area contributed by atoms with Gasteiger partial charge in [-0.05, 0) is 51.2 Å². The largest absolute Gasteiger partial charge is 0.309 e. The van der Waals surface area contributed by atoms with E-state index in [1.54, 1.807) is 0 Å². The molecule has 0 radical (unpaired) electrons. The highest BCUT2D eigenvalue weighted by molar-refractivity contribution is 6.30. The van der Waals surface area contributed by atoms with Gasteiger partial charge < -0.3 is 10.2 Å². The summed E-state index contributed by atoms with van der Waals surface area (Å²) in [5, 5.41) is 4.31. The maximum absolute atomic E-state index is 5.98. The molecule has 0 aliphatic rings. The molecule has 0 saturated carbocycles. The van der Waals surface area contributed by atoms with Gasteiger partial charge in [-0.15, -0.1) is 0 Å². The monoisotopic (exact) mass is 240 g/mol. The van der Waals surface area contributed by atoms with Crippen molar-refractivity contribution in [3.05, 3.63) is 34.3 Å². The van der Waals surface area contributed by atoms with Gasteiger partial charge in [0.2, 0.25) is 0 Å². The van der Waals surface area contributed by atoms with Crippen LogP contribution in [0.5, 0.6) is 0 Å². The fourth-order valence-corrected chi connectivity index (χ4v) is 1.92. The zero-order valence-electron chi connectivity index (χ0n) is 10.5. The van der Waals surface area contributed by atoms with Gasteiger partial charge in [0.05, 0.1) is 0 Å². The molecule has 0 spiro atoms. The number of hydrogen-bond donors (Lipinski definition) is 1. The Morgan fingerprint density at radius 1 is 1.38 bits per heavy atom. The van der Waals surface area contributed by atoms with Gasteiger partial charge in [0.25, 0.3) is 0 Å². The number of hydrogen-bond acceptors (Lipinski definition) is 2. The van der Waals surface area contributed by atoms with Crippen LogP contribution in [0.1, 0.15) is 18.1 Å². The first kappa shape index (κ1) is 13.5. The molecule has 2 nitrogen and oxygen atoms in total. The van der Waals surface area contributed by atoms with Crippen LogP contribution in [0, 0.1) is 6.92 Å². The first-order valence-electron chi connectivity index (χ1n) is 5.62. The number of rotatable bonds is 5. The summed E-state index contributed by atoms with van der Waals surface area (Å²) in [6.07, 6.45) is 0. The Bertz CT molecular complexity index is 337. The van der Waals surface area contributed by atoms with Gasteiger partial charge in [-0.25, -0.2) is 0 Å². The predicted molar refractivity (Wildman–Crippen MR) is 71.0 cm³/mol. The molecule has 0 aliphatic heterocycles. The molecule has 1 unspecified atom stereocenters. The highest BCUT2D eigenvalue weighted by Gasteiger charge is 2.04. The summed E-state index contributed by atoms with van der Waals surface area (Å²) in [5.41, 5.74) is 2.56. The summed E-state index contributed by atoms with van der Waals surface area (Å²) in [5.74, 6) is 0. The Labute approximate surface area is 104 Å². The molecule has 90 valence electrons. The van der Waals surface area contributed by atoms with E-state index in [4.69, 9.17) is 11.6 Å². The first-order chi connectivity index (χ1) is 7.49. The van der Waals surface area contributed by atoms with Gasteiger partial charge in [0.15, 0.2) is 0 Å². The molecule has 0 aliphatic carbocycles. The highest BCUT2D eigenvalue weighted by atomic mass is 35.5. The minimum absolute atomic E-state index is 0.480. The lowest BCUT2D eigenvalue weighted by molar-refractivity contribution is 0.349. The summed E-state index contributed by atoms with van der Waals surface area (Å²) >= 11 is 5.98. The Morgan fingerprint density at radius 2 is 2.06 bits per heavy atom. The molecular formula is C13H21ClN2. The van der Waals surface area contributed by atoms with E-state index in [0.29, 0.717) is 6.04 Å². The molecule has 0 bridgehead atoms. The van der Waals surface area contributed by atoms with Crippen LogP contribution in [0.2, 0.25) is 5.02 Å². The van der Waals surface area contributed by atoms with Crippen molar-refractivity contribution in [3.63, 3.8) is 0 Å². The maximum atomic E-state index is 5.98. The number of nitrogens with zero attached hydrogens (tertiary/aromatic N) is 1. The standard InChI is InChI=1S/C13H21ClN2/c1-10-5-6-13(14)7-12(10)8-15-11(2)9-16(3)4/h5-7,11,15H,8-9H2,1-4H3. The van der Waals surface area contributed by atoms with E-state index in [9.17, 15) is 0 Å². The van der Waals surface area contributed by atoms with E-state index < -0.39 is 0 Å². The molecule has 0 amide bonds. The average molecular weight is 241 g/mol. The van der Waals surface area contributed by atoms with E-state index in [-0.39, 0.29) is 0 Å². The molecule has 0 saturated heterocycles. The van der Waals surface area contributed by atoms with Crippen molar-refractivity contribution in [1.29, 1.82) is 0 Å². The summed E-state index contributed by atoms with van der Waals surface area (Å²) < 4.78 is 0.